The highest BCUT2D eigenvalue weighted by Crippen LogP contribution is 2.42. The normalized spacial score (nSPS) is 22.5. The molecule has 11 heteroatoms. The molecular weight excluding hydrogens is 475 g/mol. The number of nitrogens with zero attached hydrogens (tertiary/aromatic N) is 2. The predicted molar refractivity (Wildman–Crippen MR) is 128 cm³/mol. The molecule has 1 aromatic heterocycles. The Morgan fingerprint density at radius 2 is 1.94 bits per heavy atom. The van der Waals surface area contributed by atoms with Crippen LogP contribution in [0.15, 0.2) is 18.2 Å². The number of fused-ring (bicyclic) bond motifs is 1. The van der Waals surface area contributed by atoms with E-state index >= 15 is 0 Å². The van der Waals surface area contributed by atoms with Crippen molar-refractivity contribution in [3.8, 4) is 5.69 Å². The molecule has 8 nitrogen and oxygen atoms in total. The van der Waals surface area contributed by atoms with Gasteiger partial charge in [-0.1, -0.05) is 26.7 Å². The Bertz CT molecular complexity index is 1170. The lowest BCUT2D eigenvalue weighted by Crippen LogP contribution is -2.48. The lowest BCUT2D eigenvalue weighted by Gasteiger charge is -2.35. The van der Waals surface area contributed by atoms with Gasteiger partial charge in [0.1, 0.15) is 6.04 Å². The van der Waals surface area contributed by atoms with Crippen LogP contribution in [0, 0.1) is 11.3 Å². The van der Waals surface area contributed by atoms with Gasteiger partial charge in [-0.2, -0.15) is 18.3 Å². The van der Waals surface area contributed by atoms with E-state index in [9.17, 15) is 27.9 Å². The zero-order chi connectivity index (χ0) is 26.4. The maximum absolute atomic E-state index is 13.8. The average Bonchev–Trinajstić information content (AvgIpc) is 3.16. The van der Waals surface area contributed by atoms with Gasteiger partial charge < -0.3 is 21.9 Å². The summed E-state index contributed by atoms with van der Waals surface area (Å²) in [5.41, 5.74) is 12.0. The highest BCUT2D eigenvalue weighted by Gasteiger charge is 2.42. The Morgan fingerprint density at radius 3 is 2.58 bits per heavy atom. The summed E-state index contributed by atoms with van der Waals surface area (Å²) in [4.78, 5) is 23.7. The van der Waals surface area contributed by atoms with Crippen LogP contribution < -0.4 is 16.8 Å². The van der Waals surface area contributed by atoms with E-state index in [1.807, 2.05) is 13.8 Å². The number of amides is 1. The monoisotopic (exact) mass is 507 g/mol. The molecule has 3 atom stereocenters. The molecule has 2 aromatic rings. The van der Waals surface area contributed by atoms with Crippen LogP contribution in [0.25, 0.3) is 5.69 Å². The number of aliphatic carboxylic acids is 1. The number of alkyl halides is 3. The van der Waals surface area contributed by atoms with Crippen molar-refractivity contribution in [3.63, 3.8) is 0 Å². The summed E-state index contributed by atoms with van der Waals surface area (Å²) in [5, 5.41) is 16.7. The van der Waals surface area contributed by atoms with Crippen LogP contribution in [0.1, 0.15) is 73.3 Å². The van der Waals surface area contributed by atoms with Gasteiger partial charge in [0.05, 0.1) is 11.3 Å². The minimum Gasteiger partial charge on any atom is -0.480 e. The zero-order valence-corrected chi connectivity index (χ0v) is 20.4. The quantitative estimate of drug-likeness (QED) is 0.468. The fourth-order valence-electron chi connectivity index (χ4n) is 5.53. The molecule has 1 heterocycles. The van der Waals surface area contributed by atoms with E-state index in [0.29, 0.717) is 42.8 Å². The van der Waals surface area contributed by atoms with Gasteiger partial charge >= 0.3 is 12.1 Å². The van der Waals surface area contributed by atoms with E-state index in [2.05, 4.69) is 10.4 Å². The lowest BCUT2D eigenvalue weighted by molar-refractivity contribution is -0.142. The van der Waals surface area contributed by atoms with Gasteiger partial charge in [-0.15, -0.1) is 0 Å². The summed E-state index contributed by atoms with van der Waals surface area (Å²) < 4.78 is 42.8. The molecule has 1 saturated carbocycles. The smallest absolute Gasteiger partial charge is 0.435 e. The number of aromatic nitrogens is 2. The van der Waals surface area contributed by atoms with Crippen LogP contribution in [-0.4, -0.2) is 38.8 Å². The molecule has 1 fully saturated rings. The number of benzene rings is 1. The molecule has 6 N–H and O–H groups in total. The van der Waals surface area contributed by atoms with Crippen LogP contribution >= 0.6 is 0 Å². The van der Waals surface area contributed by atoms with Crippen molar-refractivity contribution in [2.45, 2.75) is 77.1 Å². The fraction of sp³-hybridized carbons (Fsp3) is 0.560. The van der Waals surface area contributed by atoms with Gasteiger partial charge in [0.25, 0.3) is 5.91 Å². The molecule has 4 rings (SSSR count). The van der Waals surface area contributed by atoms with Crippen molar-refractivity contribution in [2.24, 2.45) is 22.8 Å². The first kappa shape index (κ1) is 26.0. The largest absolute Gasteiger partial charge is 0.480 e. The van der Waals surface area contributed by atoms with Crippen molar-refractivity contribution in [2.75, 3.05) is 5.32 Å². The van der Waals surface area contributed by atoms with E-state index < -0.39 is 29.8 Å². The third-order valence-corrected chi connectivity index (χ3v) is 7.48. The van der Waals surface area contributed by atoms with Gasteiger partial charge in [0.2, 0.25) is 0 Å². The molecule has 1 amide bonds. The summed E-state index contributed by atoms with van der Waals surface area (Å²) in [5.74, 6) is -2.20. The van der Waals surface area contributed by atoms with Gasteiger partial charge in [-0.05, 0) is 55.7 Å². The SMILES string of the molecule is CC1(C)CCc2c(C(F)(F)F)nn(-c3ccc(C(N)=O)c(N[C@H]4CCCC[C@H]4C(N)C(=O)O)c3)c2C1. The van der Waals surface area contributed by atoms with Crippen molar-refractivity contribution in [1.29, 1.82) is 0 Å². The van der Waals surface area contributed by atoms with E-state index in [4.69, 9.17) is 11.5 Å². The molecule has 196 valence electrons. The Hall–Kier alpha value is -3.08. The molecule has 2 aliphatic rings. The van der Waals surface area contributed by atoms with Crippen molar-refractivity contribution < 1.29 is 27.9 Å². The topological polar surface area (TPSA) is 136 Å². The summed E-state index contributed by atoms with van der Waals surface area (Å²) in [7, 11) is 0. The first-order chi connectivity index (χ1) is 16.8. The van der Waals surface area contributed by atoms with Crippen molar-refractivity contribution in [3.05, 3.63) is 40.7 Å². The first-order valence-electron chi connectivity index (χ1n) is 12.2. The number of hydrogen-bond donors (Lipinski definition) is 4. The molecule has 1 unspecified atom stereocenters. The van der Waals surface area contributed by atoms with E-state index in [0.717, 1.165) is 12.8 Å². The number of nitrogens with two attached hydrogens (primary N) is 2. The van der Waals surface area contributed by atoms with Crippen LogP contribution in [-0.2, 0) is 23.8 Å². The minimum atomic E-state index is -4.59. The maximum Gasteiger partial charge on any atom is 0.435 e. The van der Waals surface area contributed by atoms with Gasteiger partial charge in [-0.25, -0.2) is 4.68 Å². The maximum atomic E-state index is 13.8. The number of carbonyl (C=O) groups is 2. The number of halogens is 3. The second-order valence-electron chi connectivity index (χ2n) is 10.7. The molecule has 2 aliphatic carbocycles. The Balaban J connectivity index is 1.78. The third-order valence-electron chi connectivity index (χ3n) is 7.48. The van der Waals surface area contributed by atoms with E-state index in [1.54, 1.807) is 6.07 Å². The number of nitrogens with one attached hydrogen (secondary N) is 1. The summed E-state index contributed by atoms with van der Waals surface area (Å²) >= 11 is 0. The summed E-state index contributed by atoms with van der Waals surface area (Å²) in [6, 6.07) is 3.13. The molecule has 0 radical (unpaired) electrons. The van der Waals surface area contributed by atoms with Crippen LogP contribution in [0.2, 0.25) is 0 Å². The lowest BCUT2D eigenvalue weighted by atomic mass is 9.76. The minimum absolute atomic E-state index is 0.157. The third kappa shape index (κ3) is 5.07. The Labute approximate surface area is 207 Å². The fourth-order valence-corrected chi connectivity index (χ4v) is 5.53. The van der Waals surface area contributed by atoms with Crippen molar-refractivity contribution >= 4 is 17.6 Å². The number of hydrogen-bond acceptors (Lipinski definition) is 5. The highest BCUT2D eigenvalue weighted by atomic mass is 19.4. The Morgan fingerprint density at radius 1 is 1.25 bits per heavy atom. The number of carboxylic acids is 1. The number of carboxylic acid groups (broad SMARTS) is 1. The predicted octanol–water partition coefficient (Wildman–Crippen LogP) is 3.89. The zero-order valence-electron chi connectivity index (χ0n) is 20.4. The number of carbonyl (C=O) groups excluding carboxylic acids is 1. The molecule has 36 heavy (non-hydrogen) atoms. The van der Waals surface area contributed by atoms with Gasteiger partial charge in [0, 0.05) is 28.9 Å². The van der Waals surface area contributed by atoms with Gasteiger partial charge in [-0.3, -0.25) is 9.59 Å². The highest BCUT2D eigenvalue weighted by molar-refractivity contribution is 5.99. The second kappa shape index (κ2) is 9.42. The average molecular weight is 508 g/mol. The second-order valence-corrected chi connectivity index (χ2v) is 10.7. The Kier molecular flexibility index (Phi) is 6.80. The van der Waals surface area contributed by atoms with E-state index in [1.165, 1.54) is 16.8 Å². The molecule has 0 spiro atoms. The van der Waals surface area contributed by atoms with Crippen LogP contribution in [0.4, 0.5) is 18.9 Å². The molecule has 0 saturated heterocycles. The molecule has 1 aromatic carbocycles. The standard InChI is InChI=1S/C25H32F3N5O3/c1-24(2)10-9-16-19(12-24)33(32-21(16)25(26,27)28)13-7-8-15(22(30)34)18(11-13)31-17-6-4-3-5-14(17)20(29)23(35)36/h7-8,11,14,17,20,31H,3-6,9-10,12,29H2,1-2H3,(H2,30,34)(H,35,36)/t14-,17+,20?/m1/s1. The van der Waals surface area contributed by atoms with E-state index in [-0.39, 0.29) is 34.9 Å². The van der Waals surface area contributed by atoms with Crippen LogP contribution in [0.5, 0.6) is 0 Å². The first-order valence-corrected chi connectivity index (χ1v) is 12.2. The van der Waals surface area contributed by atoms with Gasteiger partial charge in [0.15, 0.2) is 5.69 Å². The van der Waals surface area contributed by atoms with Crippen LogP contribution in [0.3, 0.4) is 0 Å². The molecular formula is C25H32F3N5O3. The molecule has 0 bridgehead atoms. The molecule has 0 aliphatic heterocycles. The summed E-state index contributed by atoms with van der Waals surface area (Å²) in [6.07, 6.45) is -0.347. The number of anilines is 1. The van der Waals surface area contributed by atoms with Crippen molar-refractivity contribution in [1.82, 2.24) is 9.78 Å². The summed E-state index contributed by atoms with van der Waals surface area (Å²) in [6.45, 7) is 4.03. The number of rotatable bonds is 6. The number of primary amides is 1.